The highest BCUT2D eigenvalue weighted by atomic mass is 35.5. The summed E-state index contributed by atoms with van der Waals surface area (Å²) in [4.78, 5) is 4.77. The Hall–Kier alpha value is -1.87. The van der Waals surface area contributed by atoms with Crippen LogP contribution in [0.2, 0.25) is 10.0 Å². The van der Waals surface area contributed by atoms with Gasteiger partial charge in [0.15, 0.2) is 0 Å². The van der Waals surface area contributed by atoms with E-state index in [4.69, 9.17) is 28.2 Å². The third-order valence-corrected chi connectivity index (χ3v) is 5.22. The van der Waals surface area contributed by atoms with Crippen molar-refractivity contribution in [3.63, 3.8) is 0 Å². The molecule has 0 aliphatic carbocycles. The molecule has 0 N–H and O–H groups in total. The lowest BCUT2D eigenvalue weighted by molar-refractivity contribution is 1.48. The van der Waals surface area contributed by atoms with Gasteiger partial charge in [-0.05, 0) is 35.2 Å². The predicted octanol–water partition coefficient (Wildman–Crippen LogP) is 6.93. The summed E-state index contributed by atoms with van der Waals surface area (Å²) in [7, 11) is 0. The third kappa shape index (κ3) is 2.86. The highest BCUT2D eigenvalue weighted by Gasteiger charge is 2.06. The van der Waals surface area contributed by atoms with Gasteiger partial charge in [0.25, 0.3) is 0 Å². The van der Waals surface area contributed by atoms with E-state index in [1.165, 1.54) is 15.5 Å². The van der Waals surface area contributed by atoms with Crippen LogP contribution < -0.4 is 0 Å². The molecule has 0 atom stereocenters. The molecule has 1 nitrogen and oxygen atoms in total. The lowest BCUT2D eigenvalue weighted by Gasteiger charge is -1.97. The average Bonchev–Trinajstić information content (AvgIpc) is 2.97. The molecule has 0 bridgehead atoms. The minimum Gasteiger partial charge on any atom is -0.236 e. The van der Waals surface area contributed by atoms with Crippen LogP contribution in [0.5, 0.6) is 0 Å². The molecule has 0 aliphatic heterocycles. The summed E-state index contributed by atoms with van der Waals surface area (Å²) in [6.07, 6.45) is 3.97. The summed E-state index contributed by atoms with van der Waals surface area (Å²) >= 11 is 13.8. The van der Waals surface area contributed by atoms with Crippen LogP contribution in [0.1, 0.15) is 10.6 Å². The first-order valence-electron chi connectivity index (χ1n) is 7.12. The van der Waals surface area contributed by atoms with E-state index < -0.39 is 0 Å². The number of aromatic nitrogens is 1. The molecule has 0 unspecified atom stereocenters. The number of hydrogen-bond acceptors (Lipinski definition) is 2. The van der Waals surface area contributed by atoms with E-state index in [2.05, 4.69) is 24.3 Å². The zero-order valence-electron chi connectivity index (χ0n) is 12.0. The normalized spacial score (nSPS) is 11.7. The number of hydrogen-bond donors (Lipinski definition) is 0. The van der Waals surface area contributed by atoms with Crippen LogP contribution in [-0.2, 0) is 0 Å². The third-order valence-electron chi connectivity index (χ3n) is 3.67. The van der Waals surface area contributed by atoms with Crippen molar-refractivity contribution in [1.29, 1.82) is 0 Å². The van der Waals surface area contributed by atoms with Gasteiger partial charge < -0.3 is 0 Å². The van der Waals surface area contributed by atoms with E-state index >= 15 is 0 Å². The van der Waals surface area contributed by atoms with Crippen molar-refractivity contribution >= 4 is 67.7 Å². The average molecular weight is 356 g/mol. The molecule has 1 aromatic heterocycles. The number of nitrogens with zero attached hydrogens (tertiary/aromatic N) is 1. The number of rotatable bonds is 2. The molecule has 4 heteroatoms. The molecule has 0 saturated heterocycles. The fourth-order valence-corrected chi connectivity index (χ4v) is 3.91. The quantitative estimate of drug-likeness (QED) is 0.380. The van der Waals surface area contributed by atoms with Crippen molar-refractivity contribution in [2.75, 3.05) is 0 Å². The van der Waals surface area contributed by atoms with Crippen LogP contribution in [0, 0.1) is 0 Å². The first-order chi connectivity index (χ1) is 11.2. The number of halogens is 2. The molecule has 0 aliphatic rings. The fourth-order valence-electron chi connectivity index (χ4n) is 2.55. The minimum absolute atomic E-state index is 0.638. The van der Waals surface area contributed by atoms with Crippen LogP contribution in [-0.4, -0.2) is 4.98 Å². The van der Waals surface area contributed by atoms with E-state index in [-0.39, 0.29) is 0 Å². The Kier molecular flexibility index (Phi) is 3.82. The second-order valence-corrected chi connectivity index (χ2v) is 7.09. The summed E-state index contributed by atoms with van der Waals surface area (Å²) in [5, 5.41) is 4.63. The van der Waals surface area contributed by atoms with Crippen molar-refractivity contribution in [1.82, 2.24) is 4.98 Å². The molecule has 23 heavy (non-hydrogen) atoms. The monoisotopic (exact) mass is 355 g/mol. The maximum atomic E-state index is 6.20. The van der Waals surface area contributed by atoms with Gasteiger partial charge in [0.05, 0.1) is 10.2 Å². The zero-order valence-corrected chi connectivity index (χ0v) is 14.3. The SMILES string of the molecule is Clc1ccc(C=Cc2nc3c(ccc4ccccc43)s2)c(Cl)c1. The van der Waals surface area contributed by atoms with Crippen LogP contribution >= 0.6 is 34.5 Å². The first-order valence-corrected chi connectivity index (χ1v) is 8.69. The molecule has 1 heterocycles. The summed E-state index contributed by atoms with van der Waals surface area (Å²) in [6.45, 7) is 0. The van der Waals surface area contributed by atoms with Crippen molar-refractivity contribution in [2.45, 2.75) is 0 Å². The Labute approximate surface area is 147 Å². The van der Waals surface area contributed by atoms with Gasteiger partial charge in [-0.15, -0.1) is 11.3 Å². The Bertz CT molecular complexity index is 1050. The smallest absolute Gasteiger partial charge is 0.117 e. The highest BCUT2D eigenvalue weighted by molar-refractivity contribution is 7.19. The van der Waals surface area contributed by atoms with Crippen molar-refractivity contribution < 1.29 is 0 Å². The van der Waals surface area contributed by atoms with Crippen LogP contribution in [0.4, 0.5) is 0 Å². The highest BCUT2D eigenvalue weighted by Crippen LogP contribution is 2.30. The lowest BCUT2D eigenvalue weighted by atomic mass is 10.1. The summed E-state index contributed by atoms with van der Waals surface area (Å²) in [6, 6.07) is 18.1. The van der Waals surface area contributed by atoms with Gasteiger partial charge in [0, 0.05) is 15.4 Å². The van der Waals surface area contributed by atoms with Crippen molar-refractivity contribution in [3.8, 4) is 0 Å². The maximum absolute atomic E-state index is 6.20. The van der Waals surface area contributed by atoms with Gasteiger partial charge in [-0.1, -0.05) is 65.7 Å². The minimum atomic E-state index is 0.638. The molecule has 112 valence electrons. The van der Waals surface area contributed by atoms with E-state index in [1.54, 1.807) is 17.4 Å². The Morgan fingerprint density at radius 2 is 1.78 bits per heavy atom. The molecule has 0 saturated carbocycles. The second-order valence-electron chi connectivity index (χ2n) is 5.18. The topological polar surface area (TPSA) is 12.9 Å². The first kappa shape index (κ1) is 14.7. The lowest BCUT2D eigenvalue weighted by Crippen LogP contribution is -1.76. The Balaban J connectivity index is 1.77. The van der Waals surface area contributed by atoms with Crippen LogP contribution in [0.25, 0.3) is 33.1 Å². The predicted molar refractivity (Wildman–Crippen MR) is 103 cm³/mol. The van der Waals surface area contributed by atoms with Gasteiger partial charge in [-0.25, -0.2) is 4.98 Å². The molecular weight excluding hydrogens is 345 g/mol. The summed E-state index contributed by atoms with van der Waals surface area (Å²) < 4.78 is 1.19. The van der Waals surface area contributed by atoms with E-state index in [0.717, 1.165) is 16.1 Å². The number of thiazole rings is 1. The van der Waals surface area contributed by atoms with Gasteiger partial charge in [-0.2, -0.15) is 0 Å². The van der Waals surface area contributed by atoms with Crippen LogP contribution in [0.15, 0.2) is 54.6 Å². The summed E-state index contributed by atoms with van der Waals surface area (Å²) in [5.74, 6) is 0. The molecule has 4 aromatic rings. The Morgan fingerprint density at radius 3 is 2.65 bits per heavy atom. The Morgan fingerprint density at radius 1 is 0.913 bits per heavy atom. The molecule has 0 spiro atoms. The molecular formula is C19H11Cl2NS. The van der Waals surface area contributed by atoms with Gasteiger partial charge >= 0.3 is 0 Å². The van der Waals surface area contributed by atoms with Crippen molar-refractivity contribution in [3.05, 3.63) is 75.2 Å². The van der Waals surface area contributed by atoms with Gasteiger partial charge in [-0.3, -0.25) is 0 Å². The molecule has 0 amide bonds. The molecule has 4 rings (SSSR count). The maximum Gasteiger partial charge on any atom is 0.117 e. The second kappa shape index (κ2) is 5.97. The van der Waals surface area contributed by atoms with Crippen LogP contribution in [0.3, 0.4) is 0 Å². The van der Waals surface area contributed by atoms with Crippen molar-refractivity contribution in [2.24, 2.45) is 0 Å². The standard InChI is InChI=1S/C19H11Cl2NS/c20-14-8-5-13(16(21)11-14)7-10-18-22-19-15-4-2-1-3-12(15)6-9-17(19)23-18/h1-11H. The molecule has 3 aromatic carbocycles. The zero-order chi connectivity index (χ0) is 15.8. The van der Waals surface area contributed by atoms with E-state index in [0.29, 0.717) is 10.0 Å². The molecule has 0 fully saturated rings. The van der Waals surface area contributed by atoms with Gasteiger partial charge in [0.1, 0.15) is 5.01 Å². The van der Waals surface area contributed by atoms with Gasteiger partial charge in [0.2, 0.25) is 0 Å². The number of benzene rings is 3. The largest absolute Gasteiger partial charge is 0.236 e. The molecule has 0 radical (unpaired) electrons. The van der Waals surface area contributed by atoms with E-state index in [1.807, 2.05) is 36.4 Å². The number of fused-ring (bicyclic) bond motifs is 3. The fraction of sp³-hybridized carbons (Fsp3) is 0. The summed E-state index contributed by atoms with van der Waals surface area (Å²) in [5.41, 5.74) is 1.98. The van der Waals surface area contributed by atoms with E-state index in [9.17, 15) is 0 Å².